The average molecular weight is 244 g/mol. The summed E-state index contributed by atoms with van der Waals surface area (Å²) >= 11 is 0. The Morgan fingerprint density at radius 1 is 1.22 bits per heavy atom. The molecule has 3 rings (SSSR count). The molecule has 2 fully saturated rings. The first-order valence-corrected chi connectivity index (χ1v) is 7.26. The first-order chi connectivity index (χ1) is 8.77. The highest BCUT2D eigenvalue weighted by Crippen LogP contribution is 2.42. The maximum absolute atomic E-state index is 3.50. The van der Waals surface area contributed by atoms with E-state index in [-0.39, 0.29) is 0 Å². The molecule has 1 unspecified atom stereocenters. The van der Waals surface area contributed by atoms with Gasteiger partial charge in [-0.05, 0) is 50.3 Å². The number of benzene rings is 1. The van der Waals surface area contributed by atoms with E-state index in [0.29, 0.717) is 5.41 Å². The minimum Gasteiger partial charge on any atom is -0.317 e. The fraction of sp³-hybridized carbons (Fsp3) is 0.625. The van der Waals surface area contributed by atoms with Crippen molar-refractivity contribution in [2.75, 3.05) is 19.6 Å². The van der Waals surface area contributed by atoms with Crippen LogP contribution in [0.1, 0.15) is 31.7 Å². The lowest BCUT2D eigenvalue weighted by atomic mass is 9.77. The molecule has 98 valence electrons. The van der Waals surface area contributed by atoms with Crippen LogP contribution in [0.5, 0.6) is 0 Å². The third-order valence-corrected chi connectivity index (χ3v) is 4.78. The number of rotatable bonds is 2. The van der Waals surface area contributed by atoms with Crippen LogP contribution in [0.15, 0.2) is 30.3 Å². The third-order valence-electron chi connectivity index (χ3n) is 4.78. The van der Waals surface area contributed by atoms with Crippen molar-refractivity contribution in [2.24, 2.45) is 5.41 Å². The molecule has 0 aromatic heterocycles. The van der Waals surface area contributed by atoms with E-state index >= 15 is 0 Å². The predicted octanol–water partition coefficient (Wildman–Crippen LogP) is 2.65. The zero-order valence-electron chi connectivity index (χ0n) is 11.4. The molecule has 1 aromatic rings. The van der Waals surface area contributed by atoms with E-state index in [1.54, 1.807) is 0 Å². The van der Waals surface area contributed by atoms with Crippen LogP contribution in [0.25, 0.3) is 0 Å². The highest BCUT2D eigenvalue weighted by atomic mass is 15.2. The van der Waals surface area contributed by atoms with Crippen LogP contribution in [0.3, 0.4) is 0 Å². The summed E-state index contributed by atoms with van der Waals surface area (Å²) in [6, 6.07) is 11.6. The van der Waals surface area contributed by atoms with Gasteiger partial charge in [0.25, 0.3) is 0 Å². The number of hydrogen-bond donors (Lipinski definition) is 1. The Bertz CT molecular complexity index is 381. The molecule has 1 atom stereocenters. The van der Waals surface area contributed by atoms with E-state index in [4.69, 9.17) is 0 Å². The molecule has 2 heterocycles. The van der Waals surface area contributed by atoms with Crippen LogP contribution < -0.4 is 5.32 Å². The molecule has 2 heteroatoms. The van der Waals surface area contributed by atoms with Crippen LogP contribution in [-0.2, 0) is 6.54 Å². The van der Waals surface area contributed by atoms with E-state index in [9.17, 15) is 0 Å². The van der Waals surface area contributed by atoms with Crippen molar-refractivity contribution in [3.8, 4) is 0 Å². The molecule has 0 amide bonds. The first-order valence-electron chi connectivity index (χ1n) is 7.26. The van der Waals surface area contributed by atoms with Gasteiger partial charge in [-0.15, -0.1) is 0 Å². The van der Waals surface area contributed by atoms with E-state index in [0.717, 1.165) is 12.6 Å². The molecule has 1 spiro atoms. The van der Waals surface area contributed by atoms with E-state index in [1.165, 1.54) is 44.5 Å². The normalized spacial score (nSPS) is 27.7. The molecule has 2 aliphatic heterocycles. The standard InChI is InChI=1S/C16H24N2/c1-14-11-16(7-9-17-10-8-16)13-18(14)12-15-5-3-2-4-6-15/h2-6,14,17H,7-13H2,1H3. The van der Waals surface area contributed by atoms with Gasteiger partial charge in [0, 0.05) is 19.1 Å². The fourth-order valence-electron chi connectivity index (χ4n) is 3.76. The molecule has 0 saturated carbocycles. The van der Waals surface area contributed by atoms with Crippen molar-refractivity contribution in [1.82, 2.24) is 10.2 Å². The highest BCUT2D eigenvalue weighted by Gasteiger charge is 2.42. The summed E-state index contributed by atoms with van der Waals surface area (Å²) in [5.74, 6) is 0. The Labute approximate surface area is 110 Å². The minimum absolute atomic E-state index is 0.611. The number of likely N-dealkylation sites (tertiary alicyclic amines) is 1. The summed E-state index contributed by atoms with van der Waals surface area (Å²) in [5, 5.41) is 3.50. The van der Waals surface area contributed by atoms with Crippen molar-refractivity contribution in [3.05, 3.63) is 35.9 Å². The molecule has 2 saturated heterocycles. The fourth-order valence-corrected chi connectivity index (χ4v) is 3.76. The summed E-state index contributed by atoms with van der Waals surface area (Å²) in [4.78, 5) is 2.68. The Kier molecular flexibility index (Phi) is 3.40. The number of nitrogens with one attached hydrogen (secondary N) is 1. The summed E-state index contributed by atoms with van der Waals surface area (Å²) < 4.78 is 0. The van der Waals surface area contributed by atoms with Crippen LogP contribution in [0, 0.1) is 5.41 Å². The molecule has 0 bridgehead atoms. The second kappa shape index (κ2) is 5.02. The van der Waals surface area contributed by atoms with Crippen LogP contribution in [0.2, 0.25) is 0 Å². The van der Waals surface area contributed by atoms with E-state index in [1.807, 2.05) is 0 Å². The van der Waals surface area contributed by atoms with Gasteiger partial charge in [-0.3, -0.25) is 4.90 Å². The third kappa shape index (κ3) is 2.45. The molecule has 18 heavy (non-hydrogen) atoms. The largest absolute Gasteiger partial charge is 0.317 e. The van der Waals surface area contributed by atoms with E-state index in [2.05, 4.69) is 47.5 Å². The van der Waals surface area contributed by atoms with Gasteiger partial charge in [0.05, 0.1) is 0 Å². The lowest BCUT2D eigenvalue weighted by Crippen LogP contribution is -2.38. The van der Waals surface area contributed by atoms with Gasteiger partial charge in [0.1, 0.15) is 0 Å². The first kappa shape index (κ1) is 12.2. The van der Waals surface area contributed by atoms with Crippen molar-refractivity contribution in [2.45, 2.75) is 38.8 Å². The SMILES string of the molecule is CC1CC2(CCNCC2)CN1Cc1ccccc1. The molecule has 1 N–H and O–H groups in total. The molecule has 2 aliphatic rings. The van der Waals surface area contributed by atoms with Crippen molar-refractivity contribution in [1.29, 1.82) is 0 Å². The monoisotopic (exact) mass is 244 g/mol. The summed E-state index contributed by atoms with van der Waals surface area (Å²) in [5.41, 5.74) is 2.06. The van der Waals surface area contributed by atoms with Crippen molar-refractivity contribution >= 4 is 0 Å². The second-order valence-corrected chi connectivity index (χ2v) is 6.19. The van der Waals surface area contributed by atoms with Gasteiger partial charge in [-0.25, -0.2) is 0 Å². The summed E-state index contributed by atoms with van der Waals surface area (Å²) in [7, 11) is 0. The maximum Gasteiger partial charge on any atom is 0.0236 e. The minimum atomic E-state index is 0.611. The second-order valence-electron chi connectivity index (χ2n) is 6.19. The van der Waals surface area contributed by atoms with Gasteiger partial charge >= 0.3 is 0 Å². The Morgan fingerprint density at radius 2 is 1.94 bits per heavy atom. The Hall–Kier alpha value is -0.860. The zero-order chi connectivity index (χ0) is 12.4. The van der Waals surface area contributed by atoms with Gasteiger partial charge in [0.15, 0.2) is 0 Å². The predicted molar refractivity (Wildman–Crippen MR) is 75.5 cm³/mol. The van der Waals surface area contributed by atoms with Crippen molar-refractivity contribution in [3.63, 3.8) is 0 Å². The molecular weight excluding hydrogens is 220 g/mol. The molecule has 0 aliphatic carbocycles. The Morgan fingerprint density at radius 3 is 2.67 bits per heavy atom. The highest BCUT2D eigenvalue weighted by molar-refractivity contribution is 5.15. The van der Waals surface area contributed by atoms with E-state index < -0.39 is 0 Å². The number of piperidine rings is 1. The molecule has 2 nitrogen and oxygen atoms in total. The Balaban J connectivity index is 1.67. The van der Waals surface area contributed by atoms with Gasteiger partial charge in [-0.2, -0.15) is 0 Å². The summed E-state index contributed by atoms with van der Waals surface area (Å²) in [6.07, 6.45) is 4.12. The topological polar surface area (TPSA) is 15.3 Å². The average Bonchev–Trinajstić information content (AvgIpc) is 2.68. The molecule has 0 radical (unpaired) electrons. The maximum atomic E-state index is 3.50. The zero-order valence-corrected chi connectivity index (χ0v) is 11.4. The van der Waals surface area contributed by atoms with Gasteiger partial charge in [0.2, 0.25) is 0 Å². The smallest absolute Gasteiger partial charge is 0.0236 e. The van der Waals surface area contributed by atoms with Gasteiger partial charge < -0.3 is 5.32 Å². The number of nitrogens with zero attached hydrogens (tertiary/aromatic N) is 1. The lowest BCUT2D eigenvalue weighted by Gasteiger charge is -2.33. The molecule has 1 aromatic carbocycles. The van der Waals surface area contributed by atoms with Crippen LogP contribution in [-0.4, -0.2) is 30.6 Å². The summed E-state index contributed by atoms with van der Waals surface area (Å²) in [6.45, 7) is 7.25. The number of hydrogen-bond acceptors (Lipinski definition) is 2. The quantitative estimate of drug-likeness (QED) is 0.860. The van der Waals surface area contributed by atoms with Crippen molar-refractivity contribution < 1.29 is 0 Å². The van der Waals surface area contributed by atoms with Crippen LogP contribution >= 0.6 is 0 Å². The lowest BCUT2D eigenvalue weighted by molar-refractivity contribution is 0.190. The van der Waals surface area contributed by atoms with Gasteiger partial charge in [-0.1, -0.05) is 30.3 Å². The molecular formula is C16H24N2. The van der Waals surface area contributed by atoms with Crippen LogP contribution in [0.4, 0.5) is 0 Å².